The summed E-state index contributed by atoms with van der Waals surface area (Å²) in [5.41, 5.74) is 2.91. The number of nitrogens with zero attached hydrogens (tertiary/aromatic N) is 5. The van der Waals surface area contributed by atoms with Crippen molar-refractivity contribution in [2.75, 3.05) is 31.1 Å². The van der Waals surface area contributed by atoms with Crippen LogP contribution >= 0.6 is 10.0 Å². The zero-order chi connectivity index (χ0) is 21.1. The minimum Gasteiger partial charge on any atom is -0.360 e. The second-order valence-electron chi connectivity index (χ2n) is 7.83. The highest BCUT2D eigenvalue weighted by Gasteiger charge is 2.15. The van der Waals surface area contributed by atoms with E-state index in [2.05, 4.69) is 40.0 Å². The second kappa shape index (κ2) is 8.30. The molecule has 0 N–H and O–H groups in total. The van der Waals surface area contributed by atoms with Crippen LogP contribution in [0.1, 0.15) is 5.56 Å². The average molecular weight is 422 g/mol. The van der Waals surface area contributed by atoms with Gasteiger partial charge in [0.15, 0.2) is 0 Å². The minimum atomic E-state index is -0.570. The number of rotatable bonds is 7. The van der Waals surface area contributed by atoms with E-state index < -0.39 is 10.0 Å². The standard InChI is InChI=1S/C22H23N5O2S/c1-30(2,3)12-11-28-15-27-10-8-19-18(7-9-24-21(19)27)20-25-22(29-26-20)17-6-4-5-16(13-17)14-23/h4-10,13H,11-12,15H2,1-3H3. The first-order valence-corrected chi connectivity index (χ1v) is 12.5. The molecule has 0 amide bonds. The van der Waals surface area contributed by atoms with Gasteiger partial charge in [0.05, 0.1) is 18.2 Å². The van der Waals surface area contributed by atoms with Gasteiger partial charge in [-0.15, -0.1) is 0 Å². The molecule has 0 aliphatic heterocycles. The van der Waals surface area contributed by atoms with Crippen LogP contribution in [-0.2, 0) is 11.5 Å². The Bertz CT molecular complexity index is 1220. The number of benzene rings is 1. The number of nitriles is 1. The van der Waals surface area contributed by atoms with E-state index in [1.165, 1.54) is 0 Å². The molecule has 0 aliphatic rings. The van der Waals surface area contributed by atoms with Crippen LogP contribution < -0.4 is 0 Å². The van der Waals surface area contributed by atoms with Gasteiger partial charge in [-0.3, -0.25) is 0 Å². The fourth-order valence-corrected chi connectivity index (χ4v) is 3.65. The molecule has 0 saturated heterocycles. The van der Waals surface area contributed by atoms with E-state index in [0.29, 0.717) is 29.6 Å². The third-order valence-corrected chi connectivity index (χ3v) is 6.03. The SMILES string of the molecule is CS(C)(C)CCOCn1ccc2c(-c3noc(-c4cccc(C#N)c4)n3)ccnc21. The molecule has 3 heterocycles. The maximum atomic E-state index is 9.09. The van der Waals surface area contributed by atoms with Gasteiger partial charge in [0.2, 0.25) is 5.82 Å². The molecule has 0 radical (unpaired) electrons. The molecule has 0 atom stereocenters. The summed E-state index contributed by atoms with van der Waals surface area (Å²) in [5.74, 6) is 1.93. The third-order valence-electron chi connectivity index (χ3n) is 4.64. The van der Waals surface area contributed by atoms with Crippen molar-refractivity contribution in [3.8, 4) is 28.9 Å². The highest BCUT2D eigenvalue weighted by molar-refractivity contribution is 8.32. The van der Waals surface area contributed by atoms with Crippen LogP contribution in [0.2, 0.25) is 0 Å². The summed E-state index contributed by atoms with van der Waals surface area (Å²) in [6, 6.07) is 13.1. The molecule has 1 aromatic carbocycles. The summed E-state index contributed by atoms with van der Waals surface area (Å²) in [6.07, 6.45) is 10.5. The van der Waals surface area contributed by atoms with E-state index in [9.17, 15) is 0 Å². The monoisotopic (exact) mass is 421 g/mol. The summed E-state index contributed by atoms with van der Waals surface area (Å²) >= 11 is 0. The lowest BCUT2D eigenvalue weighted by Gasteiger charge is -2.24. The Balaban J connectivity index is 1.58. The second-order valence-corrected chi connectivity index (χ2v) is 12.4. The highest BCUT2D eigenvalue weighted by atomic mass is 32.3. The lowest BCUT2D eigenvalue weighted by atomic mass is 10.1. The first kappa shape index (κ1) is 20.1. The van der Waals surface area contributed by atoms with Crippen molar-refractivity contribution < 1.29 is 9.26 Å². The highest BCUT2D eigenvalue weighted by Crippen LogP contribution is 2.33. The zero-order valence-electron chi connectivity index (χ0n) is 17.2. The Morgan fingerprint density at radius 1 is 1.20 bits per heavy atom. The molecule has 0 saturated carbocycles. The van der Waals surface area contributed by atoms with Crippen molar-refractivity contribution in [1.82, 2.24) is 19.7 Å². The van der Waals surface area contributed by atoms with Crippen molar-refractivity contribution in [3.05, 3.63) is 54.4 Å². The van der Waals surface area contributed by atoms with Gasteiger partial charge in [-0.25, -0.2) is 15.0 Å². The number of fused-ring (bicyclic) bond motifs is 1. The van der Waals surface area contributed by atoms with Gasteiger partial charge in [0.25, 0.3) is 5.89 Å². The number of hydrogen-bond acceptors (Lipinski definition) is 6. The molecule has 0 fully saturated rings. The molecule has 0 bridgehead atoms. The molecule has 4 rings (SSSR count). The normalized spacial score (nSPS) is 12.2. The summed E-state index contributed by atoms with van der Waals surface area (Å²) < 4.78 is 13.3. The third kappa shape index (κ3) is 4.37. The molecule has 8 heteroatoms. The van der Waals surface area contributed by atoms with E-state index in [4.69, 9.17) is 14.5 Å². The molecule has 30 heavy (non-hydrogen) atoms. The quantitative estimate of drug-likeness (QED) is 0.414. The minimum absolute atomic E-state index is 0.375. The van der Waals surface area contributed by atoms with Crippen molar-refractivity contribution in [2.45, 2.75) is 6.73 Å². The van der Waals surface area contributed by atoms with Crippen molar-refractivity contribution in [2.24, 2.45) is 0 Å². The predicted octanol–water partition coefficient (Wildman–Crippen LogP) is 4.29. The molecule has 0 aliphatic carbocycles. The fourth-order valence-electron chi connectivity index (χ4n) is 3.03. The van der Waals surface area contributed by atoms with Gasteiger partial charge in [0.1, 0.15) is 12.4 Å². The van der Waals surface area contributed by atoms with E-state index in [-0.39, 0.29) is 0 Å². The van der Waals surface area contributed by atoms with Gasteiger partial charge in [0, 0.05) is 34.7 Å². The lowest BCUT2D eigenvalue weighted by Crippen LogP contribution is -2.09. The lowest BCUT2D eigenvalue weighted by molar-refractivity contribution is 0.0924. The summed E-state index contributed by atoms with van der Waals surface area (Å²) in [5, 5.41) is 14.2. The van der Waals surface area contributed by atoms with E-state index >= 15 is 0 Å². The average Bonchev–Trinajstić information content (AvgIpc) is 3.38. The Labute approximate surface area is 176 Å². The fraction of sp³-hybridized carbons (Fsp3) is 0.273. The number of hydrogen-bond donors (Lipinski definition) is 0. The van der Waals surface area contributed by atoms with Crippen LogP contribution in [0.25, 0.3) is 33.9 Å². The van der Waals surface area contributed by atoms with Crippen LogP contribution in [0.3, 0.4) is 0 Å². The molecule has 4 aromatic rings. The number of aromatic nitrogens is 4. The predicted molar refractivity (Wildman–Crippen MR) is 119 cm³/mol. The van der Waals surface area contributed by atoms with Gasteiger partial charge in [-0.1, -0.05) is 11.2 Å². The van der Waals surface area contributed by atoms with E-state index in [1.807, 2.05) is 29.0 Å². The van der Waals surface area contributed by atoms with E-state index in [0.717, 1.165) is 29.0 Å². The molecule has 3 aromatic heterocycles. The number of pyridine rings is 1. The first-order valence-electron chi connectivity index (χ1n) is 9.47. The molecule has 154 valence electrons. The zero-order valence-corrected chi connectivity index (χ0v) is 18.0. The first-order chi connectivity index (χ1) is 14.4. The van der Waals surface area contributed by atoms with Crippen molar-refractivity contribution >= 4 is 21.1 Å². The van der Waals surface area contributed by atoms with Gasteiger partial charge < -0.3 is 13.8 Å². The van der Waals surface area contributed by atoms with Gasteiger partial charge >= 0.3 is 0 Å². The Morgan fingerprint density at radius 3 is 2.87 bits per heavy atom. The molecule has 0 spiro atoms. The van der Waals surface area contributed by atoms with Crippen LogP contribution in [0.4, 0.5) is 0 Å². The van der Waals surface area contributed by atoms with Crippen LogP contribution in [0.15, 0.2) is 53.3 Å². The van der Waals surface area contributed by atoms with Crippen molar-refractivity contribution in [1.29, 1.82) is 5.26 Å². The van der Waals surface area contributed by atoms with Crippen LogP contribution in [0, 0.1) is 11.3 Å². The molecular weight excluding hydrogens is 398 g/mol. The van der Waals surface area contributed by atoms with E-state index in [1.54, 1.807) is 24.4 Å². The smallest absolute Gasteiger partial charge is 0.258 e. The van der Waals surface area contributed by atoms with Crippen LogP contribution in [-0.4, -0.2) is 50.8 Å². The molecule has 0 unspecified atom stereocenters. The maximum Gasteiger partial charge on any atom is 0.258 e. The largest absolute Gasteiger partial charge is 0.360 e. The number of ether oxygens (including phenoxy) is 1. The maximum absolute atomic E-state index is 9.09. The Morgan fingerprint density at radius 2 is 2.07 bits per heavy atom. The van der Waals surface area contributed by atoms with Crippen molar-refractivity contribution in [3.63, 3.8) is 0 Å². The summed E-state index contributed by atoms with van der Waals surface area (Å²) in [6.45, 7) is 1.18. The van der Waals surface area contributed by atoms with Crippen LogP contribution in [0.5, 0.6) is 0 Å². The Kier molecular flexibility index (Phi) is 5.57. The summed E-state index contributed by atoms with van der Waals surface area (Å²) in [4.78, 5) is 9.04. The molecular formula is C22H23N5O2S. The van der Waals surface area contributed by atoms with Gasteiger partial charge in [-0.05, 0) is 49.1 Å². The summed E-state index contributed by atoms with van der Waals surface area (Å²) in [7, 11) is -0.570. The van der Waals surface area contributed by atoms with Gasteiger partial charge in [-0.2, -0.15) is 10.2 Å². The topological polar surface area (TPSA) is 89.8 Å². The molecule has 7 nitrogen and oxygen atoms in total. The Hall–Kier alpha value is -3.15.